The number of aliphatic hydroxyl groups excluding tert-OH is 1. The van der Waals surface area contributed by atoms with E-state index in [4.69, 9.17) is 5.84 Å². The van der Waals surface area contributed by atoms with Crippen molar-refractivity contribution in [2.75, 3.05) is 17.3 Å². The third-order valence-electron chi connectivity index (χ3n) is 3.10. The molecule has 0 aromatic carbocycles. The quantitative estimate of drug-likeness (QED) is 0.412. The van der Waals surface area contributed by atoms with Crippen LogP contribution >= 0.6 is 0 Å². The minimum atomic E-state index is -0.380. The molecule has 106 valence electrons. The molecule has 1 aliphatic carbocycles. The second kappa shape index (κ2) is 5.39. The molecule has 1 aliphatic rings. The number of rotatable bonds is 6. The van der Waals surface area contributed by atoms with Gasteiger partial charge < -0.3 is 10.4 Å². The number of anilines is 2. The fourth-order valence-corrected chi connectivity index (χ4v) is 1.84. The highest BCUT2D eigenvalue weighted by Gasteiger charge is 2.29. The van der Waals surface area contributed by atoms with Gasteiger partial charge in [0.25, 0.3) is 5.95 Å². The van der Waals surface area contributed by atoms with E-state index in [0.29, 0.717) is 24.4 Å². The first kappa shape index (κ1) is 12.8. The van der Waals surface area contributed by atoms with Gasteiger partial charge in [-0.05, 0) is 24.8 Å². The van der Waals surface area contributed by atoms with Crippen molar-refractivity contribution in [1.29, 1.82) is 0 Å². The van der Waals surface area contributed by atoms with E-state index in [1.807, 2.05) is 0 Å². The Morgan fingerprint density at radius 2 is 2.15 bits per heavy atom. The first-order chi connectivity index (χ1) is 9.76. The number of nitrogens with two attached hydrogens (primary N) is 1. The van der Waals surface area contributed by atoms with Crippen molar-refractivity contribution in [2.45, 2.75) is 18.9 Å². The number of aliphatic hydroxyl groups is 1. The van der Waals surface area contributed by atoms with Gasteiger partial charge in [0.15, 0.2) is 0 Å². The SMILES string of the molecule is NNc1nc(NCC(O)C2CC2)nc(-n2cccn2)n1. The molecule has 1 saturated carbocycles. The fraction of sp³-hybridized carbons (Fsp3) is 0.455. The number of hydrogen-bond donors (Lipinski definition) is 4. The average molecular weight is 276 g/mol. The summed E-state index contributed by atoms with van der Waals surface area (Å²) < 4.78 is 1.50. The molecular weight excluding hydrogens is 260 g/mol. The highest BCUT2D eigenvalue weighted by atomic mass is 16.3. The van der Waals surface area contributed by atoms with Crippen molar-refractivity contribution in [3.8, 4) is 5.95 Å². The number of nitrogens with zero attached hydrogens (tertiary/aromatic N) is 5. The summed E-state index contributed by atoms with van der Waals surface area (Å²) in [6.45, 7) is 0.400. The maximum atomic E-state index is 9.84. The Morgan fingerprint density at radius 1 is 1.35 bits per heavy atom. The second-order valence-electron chi connectivity index (χ2n) is 4.66. The standard InChI is InChI=1S/C11H16N8O/c12-18-10-15-9(13-6-8(20)7-2-3-7)16-11(17-10)19-5-1-4-14-19/h1,4-5,7-8,20H,2-3,6,12H2,(H2,13,15,16,17,18). The van der Waals surface area contributed by atoms with Gasteiger partial charge in [0.1, 0.15) is 0 Å². The van der Waals surface area contributed by atoms with Crippen LogP contribution in [0.2, 0.25) is 0 Å². The first-order valence-corrected chi connectivity index (χ1v) is 6.41. The Bertz CT molecular complexity index is 568. The Labute approximate surface area is 115 Å². The van der Waals surface area contributed by atoms with Crippen molar-refractivity contribution in [2.24, 2.45) is 11.8 Å². The molecule has 0 saturated heterocycles. The van der Waals surface area contributed by atoms with Crippen LogP contribution in [0.15, 0.2) is 18.5 Å². The van der Waals surface area contributed by atoms with E-state index < -0.39 is 0 Å². The van der Waals surface area contributed by atoms with Crippen molar-refractivity contribution in [3.63, 3.8) is 0 Å². The predicted octanol–water partition coefficient (Wildman–Crippen LogP) is -0.474. The van der Waals surface area contributed by atoms with Gasteiger partial charge in [-0.1, -0.05) is 0 Å². The van der Waals surface area contributed by atoms with E-state index in [1.54, 1.807) is 18.5 Å². The molecule has 2 aromatic heterocycles. The summed E-state index contributed by atoms with van der Waals surface area (Å²) in [5.74, 6) is 6.66. The van der Waals surface area contributed by atoms with Gasteiger partial charge in [0, 0.05) is 18.9 Å². The van der Waals surface area contributed by atoms with Crippen LogP contribution in [-0.2, 0) is 0 Å². The molecule has 9 nitrogen and oxygen atoms in total. The van der Waals surface area contributed by atoms with Gasteiger partial charge in [-0.3, -0.25) is 5.43 Å². The lowest BCUT2D eigenvalue weighted by Crippen LogP contribution is -2.23. The largest absolute Gasteiger partial charge is 0.391 e. The average Bonchev–Trinajstić information content (AvgIpc) is 3.19. The first-order valence-electron chi connectivity index (χ1n) is 6.41. The summed E-state index contributed by atoms with van der Waals surface area (Å²) in [5.41, 5.74) is 2.39. The lowest BCUT2D eigenvalue weighted by Gasteiger charge is -2.11. The fourth-order valence-electron chi connectivity index (χ4n) is 1.84. The summed E-state index contributed by atoms with van der Waals surface area (Å²) >= 11 is 0. The number of hydrazine groups is 1. The molecule has 2 heterocycles. The molecule has 0 aliphatic heterocycles. The van der Waals surface area contributed by atoms with Gasteiger partial charge in [0.2, 0.25) is 11.9 Å². The molecule has 0 amide bonds. The zero-order chi connectivity index (χ0) is 13.9. The lowest BCUT2D eigenvalue weighted by molar-refractivity contribution is 0.164. The van der Waals surface area contributed by atoms with Crippen molar-refractivity contribution in [1.82, 2.24) is 24.7 Å². The Hall–Kier alpha value is -2.26. The highest BCUT2D eigenvalue weighted by Crippen LogP contribution is 2.32. The van der Waals surface area contributed by atoms with Crippen molar-refractivity contribution < 1.29 is 5.11 Å². The molecule has 9 heteroatoms. The molecule has 3 rings (SSSR count). The number of nitrogen functional groups attached to an aromatic ring is 1. The van der Waals surface area contributed by atoms with Gasteiger partial charge in [-0.15, -0.1) is 0 Å². The van der Waals surface area contributed by atoms with Crippen molar-refractivity contribution in [3.05, 3.63) is 18.5 Å². The predicted molar refractivity (Wildman–Crippen MR) is 72.0 cm³/mol. The molecule has 20 heavy (non-hydrogen) atoms. The van der Waals surface area contributed by atoms with E-state index in [0.717, 1.165) is 12.8 Å². The van der Waals surface area contributed by atoms with Crippen LogP contribution in [0, 0.1) is 5.92 Å². The molecular formula is C11H16N8O. The lowest BCUT2D eigenvalue weighted by atomic mass is 10.2. The minimum absolute atomic E-state index is 0.230. The van der Waals surface area contributed by atoms with Crippen LogP contribution < -0.4 is 16.6 Å². The van der Waals surface area contributed by atoms with E-state index in [-0.39, 0.29) is 12.1 Å². The van der Waals surface area contributed by atoms with E-state index >= 15 is 0 Å². The number of nitrogens with one attached hydrogen (secondary N) is 2. The highest BCUT2D eigenvalue weighted by molar-refractivity contribution is 5.37. The second-order valence-corrected chi connectivity index (χ2v) is 4.66. The van der Waals surface area contributed by atoms with Gasteiger partial charge in [-0.25, -0.2) is 10.5 Å². The van der Waals surface area contributed by atoms with Gasteiger partial charge in [0.05, 0.1) is 6.10 Å². The van der Waals surface area contributed by atoms with Gasteiger partial charge >= 0.3 is 0 Å². The minimum Gasteiger partial charge on any atom is -0.391 e. The van der Waals surface area contributed by atoms with Crippen LogP contribution in [0.3, 0.4) is 0 Å². The van der Waals surface area contributed by atoms with Crippen LogP contribution in [0.5, 0.6) is 0 Å². The Kier molecular flexibility index (Phi) is 3.44. The number of hydrogen-bond acceptors (Lipinski definition) is 8. The topological polar surface area (TPSA) is 127 Å². The Morgan fingerprint density at radius 3 is 2.80 bits per heavy atom. The van der Waals surface area contributed by atoms with Crippen LogP contribution in [0.4, 0.5) is 11.9 Å². The Balaban J connectivity index is 1.77. The maximum absolute atomic E-state index is 9.84. The summed E-state index contributed by atoms with van der Waals surface area (Å²) in [4.78, 5) is 12.4. The van der Waals surface area contributed by atoms with Crippen LogP contribution in [-0.4, -0.2) is 42.5 Å². The summed E-state index contributed by atoms with van der Waals surface area (Å²) in [7, 11) is 0. The molecule has 1 fully saturated rings. The monoisotopic (exact) mass is 276 g/mol. The summed E-state index contributed by atoms with van der Waals surface area (Å²) in [6.07, 6.45) is 5.12. The molecule has 0 radical (unpaired) electrons. The molecule has 1 atom stereocenters. The van der Waals surface area contributed by atoms with E-state index in [1.165, 1.54) is 4.68 Å². The summed E-state index contributed by atoms with van der Waals surface area (Å²) in [6, 6.07) is 1.77. The zero-order valence-electron chi connectivity index (χ0n) is 10.8. The van der Waals surface area contributed by atoms with Gasteiger partial charge in [-0.2, -0.15) is 20.1 Å². The number of aromatic nitrogens is 5. The molecule has 0 bridgehead atoms. The third-order valence-corrected chi connectivity index (χ3v) is 3.10. The molecule has 1 unspecified atom stereocenters. The maximum Gasteiger partial charge on any atom is 0.257 e. The van der Waals surface area contributed by atoms with E-state index in [2.05, 4.69) is 30.8 Å². The van der Waals surface area contributed by atoms with Crippen LogP contribution in [0.1, 0.15) is 12.8 Å². The zero-order valence-corrected chi connectivity index (χ0v) is 10.8. The summed E-state index contributed by atoms with van der Waals surface area (Å²) in [5, 5.41) is 16.9. The van der Waals surface area contributed by atoms with E-state index in [9.17, 15) is 5.11 Å². The third kappa shape index (κ3) is 2.83. The molecule has 0 spiro atoms. The van der Waals surface area contributed by atoms with Crippen LogP contribution in [0.25, 0.3) is 5.95 Å². The normalized spacial score (nSPS) is 15.9. The molecule has 2 aromatic rings. The smallest absolute Gasteiger partial charge is 0.257 e. The molecule has 5 N–H and O–H groups in total. The van der Waals surface area contributed by atoms with Crippen molar-refractivity contribution >= 4 is 11.9 Å².